The predicted molar refractivity (Wildman–Crippen MR) is 125 cm³/mol. The maximum absolute atomic E-state index is 11.3. The molecular formula is C26H45NaO5S. The average Bonchev–Trinajstić information content (AvgIpc) is 3.05. The van der Waals surface area contributed by atoms with Crippen molar-refractivity contribution in [1.82, 2.24) is 0 Å². The van der Waals surface area contributed by atoms with Crippen molar-refractivity contribution in [2.45, 2.75) is 110 Å². The number of aliphatic hydroxyl groups excluding tert-OH is 2. The molecule has 0 heterocycles. The van der Waals surface area contributed by atoms with E-state index in [-0.39, 0.29) is 58.3 Å². The molecule has 0 bridgehead atoms. The standard InChI is InChI=1S/C26H46O5S.Na/c1-17(7-5-4-6-14-32(29,30)31)20-8-9-21-24-22(11-13-26(20,21)3)25(2)12-10-19(27)15-18(25)16-23(24)28;/h17-24,27-28H,4-16H2,1-3H3,(H,29,30,31);/q;+1/p-1/t17-,18+,19-,20-,21+,22+,23-,24+,25+,26-;/m1./s1. The molecule has 0 amide bonds. The van der Waals surface area contributed by atoms with E-state index < -0.39 is 10.1 Å². The zero-order valence-electron chi connectivity index (χ0n) is 21.3. The summed E-state index contributed by atoms with van der Waals surface area (Å²) >= 11 is 0. The molecule has 4 aliphatic rings. The van der Waals surface area contributed by atoms with Gasteiger partial charge < -0.3 is 14.8 Å². The average molecular weight is 493 g/mol. The van der Waals surface area contributed by atoms with E-state index in [9.17, 15) is 23.2 Å². The van der Waals surface area contributed by atoms with Gasteiger partial charge in [-0.15, -0.1) is 0 Å². The maximum atomic E-state index is 11.3. The molecule has 0 aromatic heterocycles. The molecule has 4 aliphatic carbocycles. The van der Waals surface area contributed by atoms with E-state index in [4.69, 9.17) is 0 Å². The molecule has 0 saturated heterocycles. The van der Waals surface area contributed by atoms with Crippen LogP contribution in [-0.2, 0) is 10.1 Å². The van der Waals surface area contributed by atoms with Crippen molar-refractivity contribution in [2.24, 2.45) is 46.3 Å². The molecule has 0 aromatic carbocycles. The van der Waals surface area contributed by atoms with E-state index >= 15 is 0 Å². The summed E-state index contributed by atoms with van der Waals surface area (Å²) in [5.74, 6) is 3.08. The summed E-state index contributed by atoms with van der Waals surface area (Å²) in [6, 6.07) is 0. The molecule has 4 fully saturated rings. The summed E-state index contributed by atoms with van der Waals surface area (Å²) in [4.78, 5) is 0. The Morgan fingerprint density at radius 1 is 0.939 bits per heavy atom. The van der Waals surface area contributed by atoms with E-state index in [1.807, 2.05) is 0 Å². The molecule has 0 unspecified atom stereocenters. The molecule has 33 heavy (non-hydrogen) atoms. The minimum absolute atomic E-state index is 0. The summed E-state index contributed by atoms with van der Waals surface area (Å²) in [6.45, 7) is 7.33. The Kier molecular flexibility index (Phi) is 9.18. The van der Waals surface area contributed by atoms with Crippen LogP contribution < -0.4 is 29.6 Å². The first-order chi connectivity index (χ1) is 15.0. The van der Waals surface area contributed by atoms with Gasteiger partial charge in [-0.05, 0) is 104 Å². The fourth-order valence-electron chi connectivity index (χ4n) is 9.30. The minimum atomic E-state index is -4.09. The van der Waals surface area contributed by atoms with Crippen molar-refractivity contribution < 1.29 is 52.7 Å². The van der Waals surface area contributed by atoms with Crippen molar-refractivity contribution in [3.63, 3.8) is 0 Å². The second-order valence-electron chi connectivity index (χ2n) is 12.5. The Morgan fingerprint density at radius 3 is 2.30 bits per heavy atom. The van der Waals surface area contributed by atoms with Crippen LogP contribution in [0, 0.1) is 46.3 Å². The molecule has 4 saturated carbocycles. The van der Waals surface area contributed by atoms with Gasteiger partial charge in [0.05, 0.1) is 22.3 Å². The van der Waals surface area contributed by atoms with Gasteiger partial charge in [-0.1, -0.05) is 40.0 Å². The molecule has 4 rings (SSSR count). The zero-order valence-corrected chi connectivity index (χ0v) is 24.2. The van der Waals surface area contributed by atoms with Gasteiger partial charge in [-0.25, -0.2) is 8.42 Å². The number of hydrogen-bond donors (Lipinski definition) is 2. The molecule has 10 atom stereocenters. The zero-order chi connectivity index (χ0) is 23.3. The molecule has 0 aromatic rings. The van der Waals surface area contributed by atoms with Gasteiger partial charge in [0.1, 0.15) is 0 Å². The maximum Gasteiger partial charge on any atom is 1.00 e. The summed E-state index contributed by atoms with van der Waals surface area (Å²) in [5, 5.41) is 21.6. The summed E-state index contributed by atoms with van der Waals surface area (Å²) in [5.41, 5.74) is 0.563. The molecule has 0 aliphatic heterocycles. The number of hydrogen-bond acceptors (Lipinski definition) is 5. The molecule has 7 heteroatoms. The molecule has 2 N–H and O–H groups in total. The van der Waals surface area contributed by atoms with Crippen LogP contribution in [0.15, 0.2) is 0 Å². The fraction of sp³-hybridized carbons (Fsp3) is 1.00. The smallest absolute Gasteiger partial charge is 0.748 e. The van der Waals surface area contributed by atoms with Gasteiger partial charge in [-0.3, -0.25) is 0 Å². The molecule has 5 nitrogen and oxygen atoms in total. The van der Waals surface area contributed by atoms with Gasteiger partial charge in [0.2, 0.25) is 0 Å². The third kappa shape index (κ3) is 5.57. The van der Waals surface area contributed by atoms with E-state index in [1.54, 1.807) is 0 Å². The normalized spacial score (nSPS) is 45.9. The second-order valence-corrected chi connectivity index (χ2v) is 14.1. The number of rotatable bonds is 7. The minimum Gasteiger partial charge on any atom is -0.748 e. The third-order valence-corrected chi connectivity index (χ3v) is 11.8. The topological polar surface area (TPSA) is 97.7 Å². The first-order valence-electron chi connectivity index (χ1n) is 13.3. The van der Waals surface area contributed by atoms with E-state index in [0.717, 1.165) is 44.9 Å². The van der Waals surface area contributed by atoms with Crippen LogP contribution >= 0.6 is 0 Å². The quantitative estimate of drug-likeness (QED) is 0.320. The van der Waals surface area contributed by atoms with Gasteiger partial charge in [-0.2, -0.15) is 0 Å². The molecule has 0 spiro atoms. The van der Waals surface area contributed by atoms with Crippen LogP contribution in [0.25, 0.3) is 0 Å². The van der Waals surface area contributed by atoms with Crippen molar-refractivity contribution in [3.8, 4) is 0 Å². The van der Waals surface area contributed by atoms with Crippen molar-refractivity contribution in [3.05, 3.63) is 0 Å². The van der Waals surface area contributed by atoms with Crippen LogP contribution in [0.4, 0.5) is 0 Å². The number of unbranched alkanes of at least 4 members (excludes halogenated alkanes) is 2. The van der Waals surface area contributed by atoms with E-state index in [1.165, 1.54) is 25.7 Å². The van der Waals surface area contributed by atoms with Crippen molar-refractivity contribution >= 4 is 10.1 Å². The van der Waals surface area contributed by atoms with Crippen LogP contribution in [0.5, 0.6) is 0 Å². The Balaban J connectivity index is 0.00000306. The number of fused-ring (bicyclic) bond motifs is 5. The van der Waals surface area contributed by atoms with Crippen molar-refractivity contribution in [2.75, 3.05) is 5.75 Å². The van der Waals surface area contributed by atoms with Crippen LogP contribution in [0.1, 0.15) is 97.8 Å². The first-order valence-corrected chi connectivity index (χ1v) is 14.8. The fourth-order valence-corrected chi connectivity index (χ4v) is 9.86. The van der Waals surface area contributed by atoms with Gasteiger partial charge in [0, 0.05) is 5.75 Å². The van der Waals surface area contributed by atoms with E-state index in [2.05, 4.69) is 20.8 Å². The van der Waals surface area contributed by atoms with Gasteiger partial charge >= 0.3 is 29.6 Å². The second kappa shape index (κ2) is 10.7. The molecule has 0 radical (unpaired) electrons. The first kappa shape index (κ1) is 28.4. The predicted octanol–water partition coefficient (Wildman–Crippen LogP) is 1.72. The Labute approximate surface area is 223 Å². The Morgan fingerprint density at radius 2 is 1.61 bits per heavy atom. The van der Waals surface area contributed by atoms with E-state index in [0.29, 0.717) is 41.9 Å². The van der Waals surface area contributed by atoms with Crippen LogP contribution in [-0.4, -0.2) is 41.1 Å². The van der Waals surface area contributed by atoms with Crippen molar-refractivity contribution in [1.29, 1.82) is 0 Å². The van der Waals surface area contributed by atoms with Gasteiger partial charge in [0.25, 0.3) is 0 Å². The SMILES string of the molecule is C[C@H](CCCCCS(=O)(=O)[O-])[C@H]1CC[C@H]2[C@@H]3[C@H](O)C[C@@H]4C[C@H](O)CC[C@]4(C)[C@H]3CC[C@]12C.[Na+]. The summed E-state index contributed by atoms with van der Waals surface area (Å²) in [7, 11) is -4.09. The summed E-state index contributed by atoms with van der Waals surface area (Å²) < 4.78 is 32.5. The Bertz CT molecular complexity index is 775. The van der Waals surface area contributed by atoms with Crippen LogP contribution in [0.2, 0.25) is 0 Å². The Hall–Kier alpha value is 0.830. The molecule has 186 valence electrons. The summed E-state index contributed by atoms with van der Waals surface area (Å²) in [6.07, 6.45) is 11.7. The largest absolute Gasteiger partial charge is 1.00 e. The van der Waals surface area contributed by atoms with Gasteiger partial charge in [0.15, 0.2) is 0 Å². The van der Waals surface area contributed by atoms with Crippen LogP contribution in [0.3, 0.4) is 0 Å². The molecular weight excluding hydrogens is 447 g/mol. The number of aliphatic hydroxyl groups is 2. The monoisotopic (exact) mass is 492 g/mol. The third-order valence-electron chi connectivity index (χ3n) is 11.0.